The Balaban J connectivity index is 1.48. The molecule has 0 aromatic heterocycles. The summed E-state index contributed by atoms with van der Waals surface area (Å²) in [7, 11) is 0. The molecule has 6 nitrogen and oxygen atoms in total. The fourth-order valence-corrected chi connectivity index (χ4v) is 4.67. The second-order valence-corrected chi connectivity index (χ2v) is 8.74. The molecule has 0 radical (unpaired) electrons. The molecule has 1 fully saturated rings. The molecule has 164 valence electrons. The molecule has 2 unspecified atom stereocenters. The van der Waals surface area contributed by atoms with E-state index < -0.39 is 11.6 Å². The summed E-state index contributed by atoms with van der Waals surface area (Å²) in [5.74, 6) is 0.867. The zero-order valence-electron chi connectivity index (χ0n) is 18.1. The first-order valence-corrected chi connectivity index (χ1v) is 11.1. The molecule has 2 aromatic carbocycles. The van der Waals surface area contributed by atoms with E-state index in [-0.39, 0.29) is 11.8 Å². The summed E-state index contributed by atoms with van der Waals surface area (Å²) in [6, 6.07) is 17.3. The molecule has 1 spiro atoms. The van der Waals surface area contributed by atoms with E-state index in [4.69, 9.17) is 10.5 Å². The van der Waals surface area contributed by atoms with E-state index in [1.54, 1.807) is 6.92 Å². The Kier molecular flexibility index (Phi) is 6.28. The molecule has 0 bridgehead atoms. The summed E-state index contributed by atoms with van der Waals surface area (Å²) >= 11 is 0. The number of carbonyl (C=O) groups excluding carboxylic acids is 2. The van der Waals surface area contributed by atoms with Gasteiger partial charge in [-0.05, 0) is 30.9 Å². The first-order chi connectivity index (χ1) is 15.0. The molecule has 0 aliphatic carbocycles. The number of benzene rings is 2. The van der Waals surface area contributed by atoms with Gasteiger partial charge < -0.3 is 20.3 Å². The minimum Gasteiger partial charge on any atom is -0.485 e. The highest BCUT2D eigenvalue weighted by molar-refractivity contribution is 5.82. The Labute approximate surface area is 184 Å². The fraction of sp³-hybridized carbons (Fsp3) is 0.440. The van der Waals surface area contributed by atoms with Crippen LogP contribution in [0.4, 0.5) is 0 Å². The third-order valence-electron chi connectivity index (χ3n) is 6.41. The van der Waals surface area contributed by atoms with E-state index in [2.05, 4.69) is 0 Å². The fourth-order valence-electron chi connectivity index (χ4n) is 4.67. The zero-order chi connectivity index (χ0) is 21.8. The molecule has 2 heterocycles. The van der Waals surface area contributed by atoms with Crippen LogP contribution in [-0.4, -0.2) is 52.9 Å². The summed E-state index contributed by atoms with van der Waals surface area (Å²) in [5, 5.41) is 0. The van der Waals surface area contributed by atoms with Gasteiger partial charge in [-0.1, -0.05) is 48.5 Å². The average molecular weight is 422 g/mol. The van der Waals surface area contributed by atoms with Gasteiger partial charge in [0.2, 0.25) is 11.8 Å². The minimum atomic E-state index is -0.555. The van der Waals surface area contributed by atoms with Gasteiger partial charge in [-0.3, -0.25) is 9.59 Å². The van der Waals surface area contributed by atoms with Crippen molar-refractivity contribution in [1.29, 1.82) is 0 Å². The predicted octanol–water partition coefficient (Wildman–Crippen LogP) is 2.75. The number of likely N-dealkylation sites (tertiary alicyclic amines) is 1. The molecule has 2 aliphatic heterocycles. The Morgan fingerprint density at radius 1 is 1.03 bits per heavy atom. The van der Waals surface area contributed by atoms with Gasteiger partial charge in [0, 0.05) is 38.5 Å². The predicted molar refractivity (Wildman–Crippen MR) is 119 cm³/mol. The lowest BCUT2D eigenvalue weighted by Gasteiger charge is -2.35. The van der Waals surface area contributed by atoms with Gasteiger partial charge >= 0.3 is 0 Å². The van der Waals surface area contributed by atoms with Crippen LogP contribution in [0.5, 0.6) is 5.75 Å². The highest BCUT2D eigenvalue weighted by Crippen LogP contribution is 2.35. The Bertz CT molecular complexity index is 933. The van der Waals surface area contributed by atoms with Crippen LogP contribution in [0.2, 0.25) is 0 Å². The lowest BCUT2D eigenvalue weighted by Crippen LogP contribution is -2.49. The largest absolute Gasteiger partial charge is 0.485 e. The Morgan fingerprint density at radius 3 is 2.55 bits per heavy atom. The molecule has 2 aliphatic rings. The van der Waals surface area contributed by atoms with Crippen LogP contribution >= 0.6 is 0 Å². The topological polar surface area (TPSA) is 75.9 Å². The number of para-hydroxylation sites is 1. The second-order valence-electron chi connectivity index (χ2n) is 8.74. The van der Waals surface area contributed by atoms with Crippen molar-refractivity contribution in [1.82, 2.24) is 9.80 Å². The van der Waals surface area contributed by atoms with Gasteiger partial charge in [-0.15, -0.1) is 0 Å². The smallest absolute Gasteiger partial charge is 0.239 e. The number of carbonyl (C=O) groups is 2. The molecule has 2 N–H and O–H groups in total. The van der Waals surface area contributed by atoms with Gasteiger partial charge in [0.05, 0.1) is 12.6 Å². The molecular formula is C25H31N3O3. The van der Waals surface area contributed by atoms with Crippen molar-refractivity contribution in [2.24, 2.45) is 5.73 Å². The van der Waals surface area contributed by atoms with E-state index in [1.165, 1.54) is 0 Å². The van der Waals surface area contributed by atoms with E-state index in [0.717, 1.165) is 29.7 Å². The number of hydrogen-bond donors (Lipinski definition) is 1. The molecule has 4 rings (SSSR count). The molecule has 6 heteroatoms. The minimum absolute atomic E-state index is 0.0154. The van der Waals surface area contributed by atoms with Crippen LogP contribution in [0.15, 0.2) is 54.6 Å². The maximum atomic E-state index is 13.1. The SMILES string of the molecule is CC(=O)N1Cc2ccccc2OC2(CCCN(C(=O)C(N)Cc3ccccc3)CC2)C1. The Hall–Kier alpha value is -2.86. The number of nitrogens with two attached hydrogens (primary N) is 1. The highest BCUT2D eigenvalue weighted by atomic mass is 16.5. The van der Waals surface area contributed by atoms with E-state index in [0.29, 0.717) is 39.0 Å². The maximum absolute atomic E-state index is 13.1. The first-order valence-electron chi connectivity index (χ1n) is 11.1. The molecule has 0 saturated carbocycles. The monoisotopic (exact) mass is 421 g/mol. The van der Waals surface area contributed by atoms with Crippen molar-refractivity contribution < 1.29 is 14.3 Å². The summed E-state index contributed by atoms with van der Waals surface area (Å²) in [6.07, 6.45) is 2.82. The van der Waals surface area contributed by atoms with Crippen molar-refractivity contribution >= 4 is 11.8 Å². The van der Waals surface area contributed by atoms with Crippen LogP contribution < -0.4 is 10.5 Å². The number of ether oxygens (including phenoxy) is 1. The number of nitrogens with zero attached hydrogens (tertiary/aromatic N) is 2. The average Bonchev–Trinajstić information content (AvgIpc) is 3.07. The quantitative estimate of drug-likeness (QED) is 0.827. The summed E-state index contributed by atoms with van der Waals surface area (Å²) < 4.78 is 6.57. The third-order valence-corrected chi connectivity index (χ3v) is 6.41. The second kappa shape index (κ2) is 9.10. The van der Waals surface area contributed by atoms with E-state index >= 15 is 0 Å². The van der Waals surface area contributed by atoms with Gasteiger partial charge in [0.25, 0.3) is 0 Å². The summed E-state index contributed by atoms with van der Waals surface area (Å²) in [6.45, 7) is 3.94. The third kappa shape index (κ3) is 4.90. The van der Waals surface area contributed by atoms with Crippen molar-refractivity contribution in [2.45, 2.75) is 50.8 Å². The van der Waals surface area contributed by atoms with Gasteiger partial charge in [-0.25, -0.2) is 0 Å². The van der Waals surface area contributed by atoms with Crippen molar-refractivity contribution in [2.75, 3.05) is 19.6 Å². The molecule has 2 amide bonds. The number of amides is 2. The lowest BCUT2D eigenvalue weighted by atomic mass is 9.93. The number of fused-ring (bicyclic) bond motifs is 1. The summed E-state index contributed by atoms with van der Waals surface area (Å²) in [4.78, 5) is 29.1. The normalized spacial score (nSPS) is 22.1. The van der Waals surface area contributed by atoms with Crippen LogP contribution in [0.3, 0.4) is 0 Å². The first kappa shape index (κ1) is 21.4. The lowest BCUT2D eigenvalue weighted by molar-refractivity contribution is -0.134. The molecule has 1 saturated heterocycles. The molecule has 2 aromatic rings. The maximum Gasteiger partial charge on any atom is 0.239 e. The van der Waals surface area contributed by atoms with Crippen LogP contribution in [0, 0.1) is 0 Å². The van der Waals surface area contributed by atoms with Crippen molar-refractivity contribution in [3.63, 3.8) is 0 Å². The molecule has 31 heavy (non-hydrogen) atoms. The van der Waals surface area contributed by atoms with E-state index in [9.17, 15) is 9.59 Å². The highest BCUT2D eigenvalue weighted by Gasteiger charge is 2.41. The van der Waals surface area contributed by atoms with Crippen LogP contribution in [-0.2, 0) is 22.6 Å². The zero-order valence-corrected chi connectivity index (χ0v) is 18.1. The van der Waals surface area contributed by atoms with Crippen LogP contribution in [0.25, 0.3) is 0 Å². The molecular weight excluding hydrogens is 390 g/mol. The molecule has 2 atom stereocenters. The Morgan fingerprint density at radius 2 is 1.77 bits per heavy atom. The van der Waals surface area contributed by atoms with Crippen molar-refractivity contribution in [3.05, 3.63) is 65.7 Å². The number of rotatable bonds is 3. The van der Waals surface area contributed by atoms with Gasteiger partial charge in [-0.2, -0.15) is 0 Å². The van der Waals surface area contributed by atoms with Gasteiger partial charge in [0.15, 0.2) is 0 Å². The van der Waals surface area contributed by atoms with Crippen molar-refractivity contribution in [3.8, 4) is 5.75 Å². The summed E-state index contributed by atoms with van der Waals surface area (Å²) in [5.41, 5.74) is 7.88. The number of hydrogen-bond acceptors (Lipinski definition) is 4. The van der Waals surface area contributed by atoms with Gasteiger partial charge in [0.1, 0.15) is 11.4 Å². The van der Waals surface area contributed by atoms with E-state index in [1.807, 2.05) is 64.4 Å². The standard InChI is InChI=1S/C25H31N3O3/c1-19(29)28-17-21-10-5-6-11-23(21)31-25(18-28)12-7-14-27(15-13-25)24(30)22(26)16-20-8-3-2-4-9-20/h2-6,8-11,22H,7,12-18,26H2,1H3. The van der Waals surface area contributed by atoms with Crippen LogP contribution in [0.1, 0.15) is 37.3 Å².